The van der Waals surface area contributed by atoms with Gasteiger partial charge in [-0.2, -0.15) is 0 Å². The normalized spacial score (nSPS) is 14.8. The Morgan fingerprint density at radius 1 is 0.272 bits per heavy atom. The van der Waals surface area contributed by atoms with Crippen molar-refractivity contribution < 1.29 is 80.2 Å². The third-order valence-electron chi connectivity index (χ3n) is 20.7. The van der Waals surface area contributed by atoms with Crippen molar-refractivity contribution in [2.24, 2.45) is 23.7 Å². The zero-order valence-corrected chi connectivity index (χ0v) is 69.7. The standard InChI is InChI=1S/C84H164O17P2/c1-9-75(6)61-53-45-37-31-25-21-16-14-12-13-15-17-23-27-34-40-50-58-66-83(88)100-79(70-94-81(86)64-56-48-39-33-26-22-19-18-20-24-30-36-44-52-60-74(4)5)72-98-102(90,91)96-68-78(85)69-97-103(92,93)99-73-80(71-95-82(87)65-57-49-43-42-47-55-63-77(8)11-3)101-84(89)67-59-51-41-35-29-28-32-38-46-54-62-76(7)10-2/h74-80,85H,9-73H2,1-8H3,(H,90,91)(H,92,93)/t75?,76?,77?,78-,79-,80-/m1/s1. The molecule has 0 aromatic carbocycles. The Hall–Kier alpha value is -1.94. The Labute approximate surface area is 632 Å². The lowest BCUT2D eigenvalue weighted by atomic mass is 9.99. The van der Waals surface area contributed by atoms with E-state index in [1.54, 1.807) is 0 Å². The fraction of sp³-hybridized carbons (Fsp3) is 0.952. The smallest absolute Gasteiger partial charge is 0.462 e. The van der Waals surface area contributed by atoms with Crippen molar-refractivity contribution >= 4 is 39.5 Å². The molecule has 0 saturated carbocycles. The predicted molar refractivity (Wildman–Crippen MR) is 423 cm³/mol. The van der Waals surface area contributed by atoms with Gasteiger partial charge in [-0.15, -0.1) is 0 Å². The van der Waals surface area contributed by atoms with E-state index in [1.165, 1.54) is 231 Å². The second kappa shape index (κ2) is 72.9. The van der Waals surface area contributed by atoms with Gasteiger partial charge in [-0.3, -0.25) is 37.3 Å². The van der Waals surface area contributed by atoms with Gasteiger partial charge in [0.05, 0.1) is 26.4 Å². The molecule has 0 spiro atoms. The number of carbonyl (C=O) groups is 4. The first kappa shape index (κ1) is 101. The molecule has 17 nitrogen and oxygen atoms in total. The lowest BCUT2D eigenvalue weighted by molar-refractivity contribution is -0.161. The van der Waals surface area contributed by atoms with E-state index >= 15 is 0 Å². The fourth-order valence-electron chi connectivity index (χ4n) is 12.9. The first-order valence-electron chi connectivity index (χ1n) is 43.3. The predicted octanol–water partition coefficient (Wildman–Crippen LogP) is 25.2. The number of hydrogen-bond acceptors (Lipinski definition) is 15. The van der Waals surface area contributed by atoms with E-state index in [-0.39, 0.29) is 25.7 Å². The number of esters is 4. The molecule has 8 atom stereocenters. The summed E-state index contributed by atoms with van der Waals surface area (Å²) in [5, 5.41) is 10.7. The maximum atomic E-state index is 13.1. The molecule has 0 aromatic rings. The molecule has 612 valence electrons. The summed E-state index contributed by atoms with van der Waals surface area (Å²) in [5.41, 5.74) is 0. The molecule has 0 aromatic heterocycles. The highest BCUT2D eigenvalue weighted by atomic mass is 31.2. The lowest BCUT2D eigenvalue weighted by Gasteiger charge is -2.21. The molecule has 0 aliphatic carbocycles. The van der Waals surface area contributed by atoms with Crippen LogP contribution in [-0.4, -0.2) is 96.7 Å². The Kier molecular flexibility index (Phi) is 71.5. The SMILES string of the molecule is CCC(C)CCCCCCCCCCCCCCCCCCCCC(=O)O[C@H](COC(=O)CCCCCCCCCCCCCCCCC(C)C)COP(=O)(O)OC[C@@H](O)COP(=O)(O)OC[C@@H](COC(=O)CCCCCCCCC(C)CC)OC(=O)CCCCCCCCCCCCC(C)CC. The molecular weight excluding hydrogens is 1340 g/mol. The Morgan fingerprint density at radius 3 is 0.689 bits per heavy atom. The molecule has 0 amide bonds. The maximum Gasteiger partial charge on any atom is 0.472 e. The minimum Gasteiger partial charge on any atom is -0.462 e. The summed E-state index contributed by atoms with van der Waals surface area (Å²) in [6, 6.07) is 0. The lowest BCUT2D eigenvalue weighted by Crippen LogP contribution is -2.30. The van der Waals surface area contributed by atoms with E-state index in [1.807, 2.05) is 0 Å². The third-order valence-corrected chi connectivity index (χ3v) is 22.6. The number of ether oxygens (including phenoxy) is 4. The van der Waals surface area contributed by atoms with Crippen LogP contribution in [0.4, 0.5) is 0 Å². The minimum absolute atomic E-state index is 0.105. The largest absolute Gasteiger partial charge is 0.472 e. The van der Waals surface area contributed by atoms with E-state index in [9.17, 15) is 43.2 Å². The first-order valence-corrected chi connectivity index (χ1v) is 46.3. The number of unbranched alkanes of at least 4 members (excludes halogenated alkanes) is 44. The third kappa shape index (κ3) is 74.0. The molecule has 19 heteroatoms. The van der Waals surface area contributed by atoms with Gasteiger partial charge in [0, 0.05) is 25.7 Å². The van der Waals surface area contributed by atoms with Crippen molar-refractivity contribution in [2.45, 2.75) is 453 Å². The van der Waals surface area contributed by atoms with E-state index in [0.29, 0.717) is 25.7 Å². The fourth-order valence-corrected chi connectivity index (χ4v) is 14.4. The van der Waals surface area contributed by atoms with Gasteiger partial charge < -0.3 is 33.8 Å². The number of hydrogen-bond donors (Lipinski definition) is 3. The van der Waals surface area contributed by atoms with Crippen LogP contribution in [0, 0.1) is 23.7 Å². The van der Waals surface area contributed by atoms with E-state index in [0.717, 1.165) is 120 Å². The summed E-state index contributed by atoms with van der Waals surface area (Å²) < 4.78 is 68.8. The molecule has 3 N–H and O–H groups in total. The summed E-state index contributed by atoms with van der Waals surface area (Å²) in [4.78, 5) is 73.1. The van der Waals surface area contributed by atoms with Crippen molar-refractivity contribution in [2.75, 3.05) is 39.6 Å². The van der Waals surface area contributed by atoms with Gasteiger partial charge in [-0.1, -0.05) is 383 Å². The minimum atomic E-state index is -4.97. The molecule has 0 aliphatic rings. The van der Waals surface area contributed by atoms with Crippen LogP contribution < -0.4 is 0 Å². The van der Waals surface area contributed by atoms with Crippen molar-refractivity contribution in [3.8, 4) is 0 Å². The first-order chi connectivity index (χ1) is 49.7. The van der Waals surface area contributed by atoms with Gasteiger partial charge in [-0.25, -0.2) is 9.13 Å². The average molecular weight is 1510 g/mol. The number of rotatable bonds is 81. The van der Waals surface area contributed by atoms with Crippen LogP contribution in [0.2, 0.25) is 0 Å². The topological polar surface area (TPSA) is 237 Å². The van der Waals surface area contributed by atoms with Crippen LogP contribution in [-0.2, 0) is 65.4 Å². The summed E-state index contributed by atoms with van der Waals surface area (Å²) in [5.74, 6) is 1.09. The maximum absolute atomic E-state index is 13.1. The van der Waals surface area contributed by atoms with Crippen LogP contribution in [0.1, 0.15) is 434 Å². The Balaban J connectivity index is 5.23. The van der Waals surface area contributed by atoms with Crippen LogP contribution in [0.5, 0.6) is 0 Å². The molecule has 0 saturated heterocycles. The molecule has 0 aliphatic heterocycles. The van der Waals surface area contributed by atoms with E-state index in [2.05, 4.69) is 55.4 Å². The summed E-state index contributed by atoms with van der Waals surface area (Å²) in [6.07, 6.45) is 61.0. The molecular formula is C84H164O17P2. The molecule has 0 radical (unpaired) electrons. The van der Waals surface area contributed by atoms with Gasteiger partial charge >= 0.3 is 39.5 Å². The van der Waals surface area contributed by atoms with Crippen LogP contribution in [0.15, 0.2) is 0 Å². The van der Waals surface area contributed by atoms with E-state index < -0.39 is 97.5 Å². The molecule has 5 unspecified atom stereocenters. The second-order valence-electron chi connectivity index (χ2n) is 31.4. The Bertz CT molecular complexity index is 2010. The highest BCUT2D eigenvalue weighted by Crippen LogP contribution is 2.45. The monoisotopic (exact) mass is 1510 g/mol. The molecule has 0 bridgehead atoms. The molecule has 0 fully saturated rings. The van der Waals surface area contributed by atoms with E-state index in [4.69, 9.17) is 37.0 Å². The Morgan fingerprint density at radius 2 is 0.466 bits per heavy atom. The molecule has 0 heterocycles. The number of phosphoric acid groups is 2. The van der Waals surface area contributed by atoms with Gasteiger partial charge in [-0.05, 0) is 49.4 Å². The van der Waals surface area contributed by atoms with Gasteiger partial charge in [0.1, 0.15) is 19.3 Å². The van der Waals surface area contributed by atoms with Crippen molar-refractivity contribution in [1.82, 2.24) is 0 Å². The highest BCUT2D eigenvalue weighted by Gasteiger charge is 2.30. The number of phosphoric ester groups is 2. The van der Waals surface area contributed by atoms with Crippen molar-refractivity contribution in [3.05, 3.63) is 0 Å². The molecule has 0 rings (SSSR count). The van der Waals surface area contributed by atoms with Crippen LogP contribution >= 0.6 is 15.6 Å². The van der Waals surface area contributed by atoms with Crippen LogP contribution in [0.25, 0.3) is 0 Å². The van der Waals surface area contributed by atoms with Gasteiger partial charge in [0.15, 0.2) is 12.2 Å². The highest BCUT2D eigenvalue weighted by molar-refractivity contribution is 7.47. The average Bonchev–Trinajstić information content (AvgIpc) is 0.925. The number of aliphatic hydroxyl groups is 1. The summed E-state index contributed by atoms with van der Waals surface area (Å²) in [6.45, 7) is 14.3. The number of aliphatic hydroxyl groups excluding tert-OH is 1. The van der Waals surface area contributed by atoms with Crippen molar-refractivity contribution in [3.63, 3.8) is 0 Å². The summed E-state index contributed by atoms with van der Waals surface area (Å²) in [7, 11) is -9.93. The number of carbonyl (C=O) groups excluding carboxylic acids is 4. The second-order valence-corrected chi connectivity index (χ2v) is 34.3. The quantitative estimate of drug-likeness (QED) is 0.0222. The summed E-state index contributed by atoms with van der Waals surface area (Å²) >= 11 is 0. The molecule has 103 heavy (non-hydrogen) atoms. The van der Waals surface area contributed by atoms with Gasteiger partial charge in [0.25, 0.3) is 0 Å². The zero-order valence-electron chi connectivity index (χ0n) is 68.0. The zero-order chi connectivity index (χ0) is 76.0. The van der Waals surface area contributed by atoms with Gasteiger partial charge in [0.2, 0.25) is 0 Å². The van der Waals surface area contributed by atoms with Crippen LogP contribution in [0.3, 0.4) is 0 Å². The van der Waals surface area contributed by atoms with Crippen molar-refractivity contribution in [1.29, 1.82) is 0 Å².